The van der Waals surface area contributed by atoms with Crippen molar-refractivity contribution >= 4 is 17.7 Å². The topological polar surface area (TPSA) is 38.3 Å². The number of hydroxylamine groups is 1. The molecule has 0 spiro atoms. The molecule has 18 heavy (non-hydrogen) atoms. The van der Waals surface area contributed by atoms with Crippen LogP contribution in [0.5, 0.6) is 0 Å². The van der Waals surface area contributed by atoms with E-state index in [-0.39, 0.29) is 0 Å². The number of nitrogens with one attached hydrogen (secondary N) is 1. The Balaban J connectivity index is 1.92. The van der Waals surface area contributed by atoms with Gasteiger partial charge < -0.3 is 0 Å². The molecule has 1 amide bonds. The van der Waals surface area contributed by atoms with Crippen LogP contribution in [0.1, 0.15) is 11.5 Å². The molecule has 0 fully saturated rings. The van der Waals surface area contributed by atoms with Gasteiger partial charge >= 0.3 is 6.18 Å². The Hall–Kier alpha value is -1.21. The van der Waals surface area contributed by atoms with Gasteiger partial charge in [-0.25, -0.2) is 5.48 Å². The van der Waals surface area contributed by atoms with Gasteiger partial charge in [0.25, 0.3) is 5.91 Å². The number of halogens is 3. The Bertz CT molecular complexity index is 450. The lowest BCUT2D eigenvalue weighted by molar-refractivity contribution is -0.192. The Labute approximate surface area is 106 Å². The number of carbonyl (C=O) groups excluding carboxylic acids is 1. The van der Waals surface area contributed by atoms with Crippen molar-refractivity contribution in [2.75, 3.05) is 12.4 Å². The molecule has 7 heteroatoms. The highest BCUT2D eigenvalue weighted by atomic mass is 32.2. The summed E-state index contributed by atoms with van der Waals surface area (Å²) in [6.45, 7) is -1.49. The van der Waals surface area contributed by atoms with Crippen LogP contribution in [-0.4, -0.2) is 24.4 Å². The van der Waals surface area contributed by atoms with E-state index in [0.717, 1.165) is 10.5 Å². The van der Waals surface area contributed by atoms with Gasteiger partial charge in [0, 0.05) is 10.6 Å². The maximum Gasteiger partial charge on any atom is 0.414 e. The standard InChI is InChI=1S/C11H10F3NO2S/c12-11(13,14)6-17-15-10(16)8-5-18-9-4-2-1-3-7(8)9/h1-4,8H,5-6H2,(H,15,16). The summed E-state index contributed by atoms with van der Waals surface area (Å²) in [7, 11) is 0. The molecule has 0 bridgehead atoms. The van der Waals surface area contributed by atoms with Crippen LogP contribution >= 0.6 is 11.8 Å². The fraction of sp³-hybridized carbons (Fsp3) is 0.364. The average Bonchev–Trinajstić information content (AvgIpc) is 2.70. The molecule has 1 atom stereocenters. The predicted molar refractivity (Wildman–Crippen MR) is 60.1 cm³/mol. The first-order valence-electron chi connectivity index (χ1n) is 5.17. The largest absolute Gasteiger partial charge is 0.414 e. The lowest BCUT2D eigenvalue weighted by atomic mass is 10.0. The van der Waals surface area contributed by atoms with Crippen LogP contribution in [0.2, 0.25) is 0 Å². The van der Waals surface area contributed by atoms with Crippen molar-refractivity contribution in [3.63, 3.8) is 0 Å². The second-order valence-electron chi connectivity index (χ2n) is 3.77. The van der Waals surface area contributed by atoms with Crippen molar-refractivity contribution in [3.8, 4) is 0 Å². The molecule has 1 aromatic carbocycles. The summed E-state index contributed by atoms with van der Waals surface area (Å²) in [6.07, 6.45) is -4.45. The monoisotopic (exact) mass is 277 g/mol. The Morgan fingerprint density at radius 3 is 2.89 bits per heavy atom. The molecule has 2 rings (SSSR count). The number of hydrogen-bond donors (Lipinski definition) is 1. The zero-order valence-corrected chi connectivity index (χ0v) is 9.98. The van der Waals surface area contributed by atoms with Gasteiger partial charge in [-0.15, -0.1) is 11.8 Å². The predicted octanol–water partition coefficient (Wildman–Crippen LogP) is 2.49. The van der Waals surface area contributed by atoms with Crippen LogP contribution in [0, 0.1) is 0 Å². The molecule has 3 nitrogen and oxygen atoms in total. The number of rotatable bonds is 3. The Kier molecular flexibility index (Phi) is 3.82. The van der Waals surface area contributed by atoms with E-state index in [1.165, 1.54) is 11.8 Å². The van der Waals surface area contributed by atoms with Gasteiger partial charge in [0.05, 0.1) is 5.92 Å². The summed E-state index contributed by atoms with van der Waals surface area (Å²) < 4.78 is 35.5. The first-order valence-corrected chi connectivity index (χ1v) is 6.16. The fourth-order valence-electron chi connectivity index (χ4n) is 1.64. The van der Waals surface area contributed by atoms with Gasteiger partial charge in [0.15, 0.2) is 6.61 Å². The highest BCUT2D eigenvalue weighted by molar-refractivity contribution is 7.99. The Morgan fingerprint density at radius 2 is 2.17 bits per heavy atom. The molecular formula is C11H10F3NO2S. The molecule has 1 aromatic rings. The van der Waals surface area contributed by atoms with Crippen molar-refractivity contribution in [1.29, 1.82) is 0 Å². The molecule has 0 aromatic heterocycles. The van der Waals surface area contributed by atoms with Gasteiger partial charge in [-0.3, -0.25) is 9.63 Å². The van der Waals surface area contributed by atoms with E-state index in [0.29, 0.717) is 5.75 Å². The number of benzene rings is 1. The molecular weight excluding hydrogens is 267 g/mol. The van der Waals surface area contributed by atoms with E-state index in [9.17, 15) is 18.0 Å². The minimum Gasteiger partial charge on any atom is -0.272 e. The number of hydrogen-bond acceptors (Lipinski definition) is 3. The summed E-state index contributed by atoms with van der Waals surface area (Å²) in [5.74, 6) is -0.489. The third kappa shape index (κ3) is 3.17. The highest BCUT2D eigenvalue weighted by Gasteiger charge is 2.31. The van der Waals surface area contributed by atoms with E-state index >= 15 is 0 Å². The zero-order chi connectivity index (χ0) is 13.2. The smallest absolute Gasteiger partial charge is 0.272 e. The average molecular weight is 277 g/mol. The lowest BCUT2D eigenvalue weighted by Gasteiger charge is -2.12. The van der Waals surface area contributed by atoms with Gasteiger partial charge in [0.2, 0.25) is 0 Å². The summed E-state index contributed by atoms with van der Waals surface area (Å²) in [5.41, 5.74) is 2.68. The van der Waals surface area contributed by atoms with Crippen molar-refractivity contribution < 1.29 is 22.8 Å². The van der Waals surface area contributed by atoms with Crippen LogP contribution in [0.3, 0.4) is 0 Å². The van der Waals surface area contributed by atoms with Crippen molar-refractivity contribution in [2.24, 2.45) is 0 Å². The molecule has 0 saturated heterocycles. The number of thioether (sulfide) groups is 1. The fourth-order valence-corrected chi connectivity index (χ4v) is 2.87. The van der Waals surface area contributed by atoms with Gasteiger partial charge in [-0.2, -0.15) is 13.2 Å². The third-order valence-electron chi connectivity index (χ3n) is 2.43. The minimum atomic E-state index is -4.45. The van der Waals surface area contributed by atoms with Crippen LogP contribution in [0.25, 0.3) is 0 Å². The molecule has 1 N–H and O–H groups in total. The minimum absolute atomic E-state index is 0.459. The summed E-state index contributed by atoms with van der Waals surface area (Å²) in [4.78, 5) is 16.8. The van der Waals surface area contributed by atoms with Gasteiger partial charge in [0.1, 0.15) is 0 Å². The first-order chi connectivity index (χ1) is 8.47. The van der Waals surface area contributed by atoms with Crippen LogP contribution in [0.4, 0.5) is 13.2 Å². The van der Waals surface area contributed by atoms with Gasteiger partial charge in [-0.05, 0) is 11.6 Å². The molecule has 0 saturated carbocycles. The number of amides is 1. The maximum absolute atomic E-state index is 11.8. The lowest BCUT2D eigenvalue weighted by Crippen LogP contribution is -2.33. The second-order valence-corrected chi connectivity index (χ2v) is 4.83. The van der Waals surface area contributed by atoms with Crippen molar-refractivity contribution in [1.82, 2.24) is 5.48 Å². The highest BCUT2D eigenvalue weighted by Crippen LogP contribution is 2.39. The zero-order valence-electron chi connectivity index (χ0n) is 9.16. The molecule has 0 aliphatic carbocycles. The Morgan fingerprint density at radius 1 is 1.44 bits per heavy atom. The molecule has 0 radical (unpaired) electrons. The summed E-state index contributed by atoms with van der Waals surface area (Å²) in [5, 5.41) is 0. The quantitative estimate of drug-likeness (QED) is 0.863. The van der Waals surface area contributed by atoms with Crippen LogP contribution < -0.4 is 5.48 Å². The normalized spacial score (nSPS) is 18.5. The summed E-state index contributed by atoms with van der Waals surface area (Å²) >= 11 is 1.50. The van der Waals surface area contributed by atoms with E-state index < -0.39 is 24.6 Å². The van der Waals surface area contributed by atoms with Gasteiger partial charge in [-0.1, -0.05) is 18.2 Å². The van der Waals surface area contributed by atoms with E-state index in [4.69, 9.17) is 0 Å². The van der Waals surface area contributed by atoms with Crippen LogP contribution in [-0.2, 0) is 9.63 Å². The molecule has 1 aliphatic rings. The van der Waals surface area contributed by atoms with E-state index in [2.05, 4.69) is 4.84 Å². The van der Waals surface area contributed by atoms with Crippen molar-refractivity contribution in [2.45, 2.75) is 17.0 Å². The molecule has 98 valence electrons. The maximum atomic E-state index is 11.8. The van der Waals surface area contributed by atoms with Crippen molar-refractivity contribution in [3.05, 3.63) is 29.8 Å². The summed E-state index contributed by atoms with van der Waals surface area (Å²) in [6, 6.07) is 7.32. The number of fused-ring (bicyclic) bond motifs is 1. The van der Waals surface area contributed by atoms with E-state index in [1.807, 2.05) is 17.6 Å². The SMILES string of the molecule is O=C(NOCC(F)(F)F)C1CSc2ccccc21. The third-order valence-corrected chi connectivity index (χ3v) is 3.61. The van der Waals surface area contributed by atoms with Crippen LogP contribution in [0.15, 0.2) is 29.2 Å². The molecule has 1 unspecified atom stereocenters. The number of alkyl halides is 3. The van der Waals surface area contributed by atoms with E-state index in [1.54, 1.807) is 12.1 Å². The molecule has 1 aliphatic heterocycles. The first kappa shape index (κ1) is 13.2. The molecule has 1 heterocycles. The number of carbonyl (C=O) groups is 1. The second kappa shape index (κ2) is 5.19.